The van der Waals surface area contributed by atoms with E-state index in [0.717, 1.165) is 12.1 Å². The van der Waals surface area contributed by atoms with Gasteiger partial charge in [-0.25, -0.2) is 4.98 Å². The molecule has 0 aliphatic rings. The number of imidazole rings is 1. The molecule has 2 heterocycles. The molecule has 3 rings (SSSR count). The fraction of sp³-hybridized carbons (Fsp3) is 0.0667. The highest BCUT2D eigenvalue weighted by atomic mass is 35.5. The van der Waals surface area contributed by atoms with Crippen LogP contribution in [0.4, 0.5) is 18.9 Å². The predicted octanol–water partition coefficient (Wildman–Crippen LogP) is 4.26. The number of aromatic nitrogens is 2. The van der Waals surface area contributed by atoms with E-state index >= 15 is 0 Å². The molecule has 0 spiro atoms. The van der Waals surface area contributed by atoms with Crippen molar-refractivity contribution < 1.29 is 18.0 Å². The lowest BCUT2D eigenvalue weighted by atomic mass is 10.1. The van der Waals surface area contributed by atoms with Crippen LogP contribution in [0.1, 0.15) is 15.9 Å². The third-order valence-electron chi connectivity index (χ3n) is 3.21. The second-order valence-corrected chi connectivity index (χ2v) is 5.22. The Kier molecular flexibility index (Phi) is 3.73. The smallest absolute Gasteiger partial charge is 0.321 e. The Morgan fingerprint density at radius 2 is 2.00 bits per heavy atom. The maximum atomic E-state index is 13.0. The van der Waals surface area contributed by atoms with E-state index < -0.39 is 17.6 Å². The van der Waals surface area contributed by atoms with Crippen molar-refractivity contribution in [3.05, 3.63) is 65.2 Å². The molecular weight excluding hydrogens is 331 g/mol. The molecule has 1 amide bonds. The van der Waals surface area contributed by atoms with Crippen molar-refractivity contribution in [3.8, 4) is 0 Å². The molecule has 0 fully saturated rings. The summed E-state index contributed by atoms with van der Waals surface area (Å²) in [5.74, 6) is -0.651. The van der Waals surface area contributed by atoms with Crippen LogP contribution in [0.5, 0.6) is 0 Å². The van der Waals surface area contributed by atoms with Gasteiger partial charge in [0.05, 0.1) is 29.3 Å². The summed E-state index contributed by atoms with van der Waals surface area (Å²) in [6, 6.07) is 6.21. The van der Waals surface area contributed by atoms with Crippen LogP contribution in [-0.4, -0.2) is 15.3 Å². The lowest BCUT2D eigenvalue weighted by molar-refractivity contribution is -0.136. The maximum Gasteiger partial charge on any atom is 0.418 e. The van der Waals surface area contributed by atoms with E-state index in [2.05, 4.69) is 10.3 Å². The number of anilines is 1. The van der Waals surface area contributed by atoms with Crippen molar-refractivity contribution in [3.63, 3.8) is 0 Å². The first-order valence-corrected chi connectivity index (χ1v) is 6.82. The van der Waals surface area contributed by atoms with E-state index in [1.807, 2.05) is 0 Å². The van der Waals surface area contributed by atoms with Gasteiger partial charge in [-0.1, -0.05) is 11.6 Å². The van der Waals surface area contributed by atoms with Crippen molar-refractivity contribution in [2.75, 3.05) is 5.32 Å². The first kappa shape index (κ1) is 15.4. The molecule has 1 N–H and O–H groups in total. The zero-order chi connectivity index (χ0) is 16.6. The second-order valence-electron chi connectivity index (χ2n) is 4.78. The molecule has 0 saturated carbocycles. The Balaban J connectivity index is 1.93. The van der Waals surface area contributed by atoms with E-state index in [1.54, 1.807) is 23.1 Å². The summed E-state index contributed by atoms with van der Waals surface area (Å²) in [6.07, 6.45) is 0.0743. The first-order chi connectivity index (χ1) is 10.8. The number of nitrogens with one attached hydrogen (secondary N) is 1. The maximum absolute atomic E-state index is 13.0. The molecule has 0 aliphatic carbocycles. The molecule has 1 aromatic carbocycles. The molecule has 118 valence electrons. The lowest BCUT2D eigenvalue weighted by Gasteiger charge is -2.14. The van der Waals surface area contributed by atoms with Crippen molar-refractivity contribution in [2.24, 2.45) is 0 Å². The molecule has 2 aromatic heterocycles. The molecule has 0 radical (unpaired) electrons. The number of amides is 1. The molecule has 3 aromatic rings. The third kappa shape index (κ3) is 3.14. The molecular formula is C15H9ClF3N3O. The van der Waals surface area contributed by atoms with Crippen LogP contribution >= 0.6 is 11.6 Å². The molecule has 0 bridgehead atoms. The fourth-order valence-corrected chi connectivity index (χ4v) is 2.29. The summed E-state index contributed by atoms with van der Waals surface area (Å²) in [5.41, 5.74) is -0.463. The largest absolute Gasteiger partial charge is 0.418 e. The van der Waals surface area contributed by atoms with Gasteiger partial charge in [-0.2, -0.15) is 13.2 Å². The Bertz CT molecular complexity index is 889. The molecule has 0 aliphatic heterocycles. The molecule has 23 heavy (non-hydrogen) atoms. The fourth-order valence-electron chi connectivity index (χ4n) is 2.11. The monoisotopic (exact) mass is 339 g/mol. The molecule has 8 heteroatoms. The number of halogens is 4. The number of hydrogen-bond acceptors (Lipinski definition) is 2. The summed E-state index contributed by atoms with van der Waals surface area (Å²) in [7, 11) is 0. The van der Waals surface area contributed by atoms with Crippen molar-refractivity contribution in [2.45, 2.75) is 6.18 Å². The normalized spacial score (nSPS) is 11.7. The Labute approximate surface area is 133 Å². The lowest BCUT2D eigenvalue weighted by Crippen LogP contribution is -2.16. The Morgan fingerprint density at radius 1 is 1.22 bits per heavy atom. The number of alkyl halides is 3. The summed E-state index contributed by atoms with van der Waals surface area (Å²) in [6.45, 7) is 0. The van der Waals surface area contributed by atoms with E-state index in [0.29, 0.717) is 5.52 Å². The van der Waals surface area contributed by atoms with Crippen LogP contribution in [0.2, 0.25) is 5.02 Å². The van der Waals surface area contributed by atoms with Gasteiger partial charge in [-0.15, -0.1) is 0 Å². The first-order valence-electron chi connectivity index (χ1n) is 6.44. The minimum atomic E-state index is -4.62. The van der Waals surface area contributed by atoms with Gasteiger partial charge in [0, 0.05) is 16.8 Å². The minimum Gasteiger partial charge on any atom is -0.321 e. The van der Waals surface area contributed by atoms with Crippen LogP contribution in [0, 0.1) is 0 Å². The van der Waals surface area contributed by atoms with Gasteiger partial charge >= 0.3 is 6.18 Å². The van der Waals surface area contributed by atoms with Gasteiger partial charge < -0.3 is 9.72 Å². The minimum absolute atomic E-state index is 0.0593. The van der Waals surface area contributed by atoms with Gasteiger partial charge in [0.15, 0.2) is 0 Å². The third-order valence-corrected chi connectivity index (χ3v) is 3.45. The van der Waals surface area contributed by atoms with Crippen LogP contribution in [0.3, 0.4) is 0 Å². The average molecular weight is 340 g/mol. The number of rotatable bonds is 2. The quantitative estimate of drug-likeness (QED) is 0.758. The number of carbonyl (C=O) groups is 1. The van der Waals surface area contributed by atoms with E-state index in [9.17, 15) is 18.0 Å². The van der Waals surface area contributed by atoms with E-state index in [-0.39, 0.29) is 16.3 Å². The highest BCUT2D eigenvalue weighted by Gasteiger charge is 2.34. The highest BCUT2D eigenvalue weighted by Crippen LogP contribution is 2.36. The highest BCUT2D eigenvalue weighted by molar-refractivity contribution is 6.30. The van der Waals surface area contributed by atoms with Crippen molar-refractivity contribution >= 4 is 28.7 Å². The second kappa shape index (κ2) is 5.58. The number of hydrogen-bond donors (Lipinski definition) is 1. The summed E-state index contributed by atoms with van der Waals surface area (Å²) >= 11 is 5.61. The van der Waals surface area contributed by atoms with Crippen molar-refractivity contribution in [1.29, 1.82) is 0 Å². The number of carbonyl (C=O) groups excluding carboxylic acids is 1. The average Bonchev–Trinajstić information content (AvgIpc) is 2.95. The number of pyridine rings is 1. The van der Waals surface area contributed by atoms with Crippen LogP contribution < -0.4 is 5.32 Å². The Morgan fingerprint density at radius 3 is 2.74 bits per heavy atom. The van der Waals surface area contributed by atoms with Gasteiger partial charge in [-0.05, 0) is 30.3 Å². The molecule has 0 saturated heterocycles. The number of fused-ring (bicyclic) bond motifs is 1. The predicted molar refractivity (Wildman–Crippen MR) is 79.6 cm³/mol. The number of benzene rings is 1. The summed E-state index contributed by atoms with van der Waals surface area (Å²) < 4.78 is 40.8. The topological polar surface area (TPSA) is 46.4 Å². The molecule has 0 unspecified atom stereocenters. The zero-order valence-corrected chi connectivity index (χ0v) is 12.2. The van der Waals surface area contributed by atoms with Crippen molar-refractivity contribution in [1.82, 2.24) is 9.38 Å². The summed E-state index contributed by atoms with van der Waals surface area (Å²) in [4.78, 5) is 16.1. The molecule has 0 atom stereocenters. The van der Waals surface area contributed by atoms with Crippen LogP contribution in [0.25, 0.3) is 5.52 Å². The zero-order valence-electron chi connectivity index (χ0n) is 11.4. The number of nitrogens with zero attached hydrogens (tertiary/aromatic N) is 2. The van der Waals surface area contributed by atoms with Gasteiger partial charge in [0.25, 0.3) is 5.91 Å². The molecule has 4 nitrogen and oxygen atoms in total. The Hall–Kier alpha value is -2.54. The summed E-state index contributed by atoms with van der Waals surface area (Å²) in [5, 5.41) is 2.21. The van der Waals surface area contributed by atoms with E-state index in [4.69, 9.17) is 11.6 Å². The van der Waals surface area contributed by atoms with E-state index in [1.165, 1.54) is 18.2 Å². The van der Waals surface area contributed by atoms with Gasteiger partial charge in [0.2, 0.25) is 0 Å². The SMILES string of the molecule is O=C(Nc1ccc(Cl)cc1C(F)(F)F)c1ccn2cncc2c1. The van der Waals surface area contributed by atoms with Crippen LogP contribution in [0.15, 0.2) is 49.1 Å². The van der Waals surface area contributed by atoms with Crippen LogP contribution in [-0.2, 0) is 6.18 Å². The van der Waals surface area contributed by atoms with Gasteiger partial charge in [0.1, 0.15) is 0 Å². The standard InChI is InChI=1S/C15H9ClF3N3O/c16-10-1-2-13(12(6-10)15(17,18)19)21-14(23)9-3-4-22-8-20-7-11(22)5-9/h1-8H,(H,21,23). The van der Waals surface area contributed by atoms with Gasteiger partial charge in [-0.3, -0.25) is 4.79 Å².